The van der Waals surface area contributed by atoms with Crippen molar-refractivity contribution in [1.82, 2.24) is 0 Å². The zero-order valence-corrected chi connectivity index (χ0v) is 19.5. The van der Waals surface area contributed by atoms with E-state index in [2.05, 4.69) is 77.6 Å². The molecule has 0 N–H and O–H groups in total. The van der Waals surface area contributed by atoms with Gasteiger partial charge in [0.25, 0.3) is 12.9 Å². The summed E-state index contributed by atoms with van der Waals surface area (Å²) in [5.74, 6) is 0.846. The van der Waals surface area contributed by atoms with Crippen LogP contribution in [-0.4, -0.2) is 12.9 Å². The molecule has 0 aliphatic rings. The van der Waals surface area contributed by atoms with Gasteiger partial charge in [0.05, 0.1) is 17.9 Å². The lowest BCUT2D eigenvalue weighted by Crippen LogP contribution is -2.19. The van der Waals surface area contributed by atoms with Crippen LogP contribution in [0.4, 0.5) is 0 Å². The predicted octanol–water partition coefficient (Wildman–Crippen LogP) is 6.13. The van der Waals surface area contributed by atoms with Crippen molar-refractivity contribution in [3.8, 4) is 11.5 Å². The number of rotatable bonds is 6. The van der Waals surface area contributed by atoms with Crippen LogP contribution in [0.25, 0.3) is 0 Å². The van der Waals surface area contributed by atoms with Crippen LogP contribution in [-0.2, 0) is 15.0 Å². The molecule has 2 rings (SSSR count). The summed E-state index contributed by atoms with van der Waals surface area (Å²) in [7, 11) is 0. The molecule has 2 aromatic carbocycles. The maximum atomic E-state index is 10.6. The highest BCUT2D eigenvalue weighted by molar-refractivity contribution is 9.11. The highest BCUT2D eigenvalue weighted by Crippen LogP contribution is 2.43. The molecule has 0 radical (unpaired) electrons. The second kappa shape index (κ2) is 8.33. The standard InChI is InChI=1S/C17H12Br4O4/c1-17(2,9-3-11(18)15(24-7-22)12(19)4-9)10-5-13(20)16(25-8-23)14(21)6-10/h3-8H,1-2H3. The van der Waals surface area contributed by atoms with E-state index in [1.54, 1.807) is 0 Å². The molecule has 0 amide bonds. The molecule has 25 heavy (non-hydrogen) atoms. The molecule has 132 valence electrons. The number of hydrogen-bond acceptors (Lipinski definition) is 4. The fourth-order valence-electron chi connectivity index (χ4n) is 2.33. The largest absolute Gasteiger partial charge is 0.426 e. The zero-order valence-electron chi connectivity index (χ0n) is 13.1. The van der Waals surface area contributed by atoms with Gasteiger partial charge in [0.1, 0.15) is 0 Å². The van der Waals surface area contributed by atoms with Gasteiger partial charge in [0.2, 0.25) is 0 Å². The Bertz CT molecular complexity index is 720. The summed E-state index contributed by atoms with van der Waals surface area (Å²) in [6.45, 7) is 4.90. The first-order valence-electron chi connectivity index (χ1n) is 6.92. The molecule has 0 aliphatic heterocycles. The number of ether oxygens (including phenoxy) is 2. The molecule has 0 atom stereocenters. The van der Waals surface area contributed by atoms with Crippen molar-refractivity contribution < 1.29 is 19.1 Å². The molecule has 8 heteroatoms. The lowest BCUT2D eigenvalue weighted by Gasteiger charge is -2.28. The number of carbonyl (C=O) groups is 2. The van der Waals surface area contributed by atoms with E-state index in [0.717, 1.165) is 11.1 Å². The second-order valence-corrected chi connectivity index (χ2v) is 9.01. The molecule has 0 saturated carbocycles. The third kappa shape index (κ3) is 4.35. The lowest BCUT2D eigenvalue weighted by molar-refractivity contribution is -0.121. The van der Waals surface area contributed by atoms with Crippen molar-refractivity contribution in [1.29, 1.82) is 0 Å². The molecule has 0 aromatic heterocycles. The van der Waals surface area contributed by atoms with E-state index in [1.165, 1.54) is 0 Å². The van der Waals surface area contributed by atoms with Crippen LogP contribution >= 0.6 is 63.7 Å². The first-order valence-corrected chi connectivity index (χ1v) is 10.1. The Morgan fingerprint density at radius 3 is 1.24 bits per heavy atom. The predicted molar refractivity (Wildman–Crippen MR) is 109 cm³/mol. The maximum absolute atomic E-state index is 10.6. The minimum absolute atomic E-state index is 0.379. The number of benzene rings is 2. The Hall–Kier alpha value is -0.700. The van der Waals surface area contributed by atoms with E-state index in [1.807, 2.05) is 24.3 Å². The molecule has 2 aromatic rings. The highest BCUT2D eigenvalue weighted by atomic mass is 79.9. The summed E-state index contributed by atoms with van der Waals surface area (Å²) in [6.07, 6.45) is 0. The normalized spacial score (nSPS) is 11.1. The first kappa shape index (κ1) is 20.6. The summed E-state index contributed by atoms with van der Waals surface area (Å²) < 4.78 is 12.6. The zero-order chi connectivity index (χ0) is 18.8. The van der Waals surface area contributed by atoms with Crippen molar-refractivity contribution in [2.24, 2.45) is 0 Å². The molecule has 0 bridgehead atoms. The maximum Gasteiger partial charge on any atom is 0.298 e. The van der Waals surface area contributed by atoms with Crippen LogP contribution in [0.1, 0.15) is 25.0 Å². The van der Waals surface area contributed by atoms with Gasteiger partial charge in [0.15, 0.2) is 11.5 Å². The fraction of sp³-hybridized carbons (Fsp3) is 0.176. The molecule has 0 aliphatic carbocycles. The molecule has 0 fully saturated rings. The Labute approximate surface area is 178 Å². The van der Waals surface area contributed by atoms with E-state index in [4.69, 9.17) is 9.47 Å². The summed E-state index contributed by atoms with van der Waals surface area (Å²) in [5.41, 5.74) is 1.61. The van der Waals surface area contributed by atoms with Crippen molar-refractivity contribution in [2.75, 3.05) is 0 Å². The quantitative estimate of drug-likeness (QED) is 0.375. The van der Waals surface area contributed by atoms with Crippen molar-refractivity contribution in [3.63, 3.8) is 0 Å². The van der Waals surface area contributed by atoms with Gasteiger partial charge in [-0.25, -0.2) is 0 Å². The van der Waals surface area contributed by atoms with Crippen molar-refractivity contribution >= 4 is 76.7 Å². The van der Waals surface area contributed by atoms with Crippen LogP contribution in [0, 0.1) is 0 Å². The monoisotopic (exact) mass is 596 g/mol. The van der Waals surface area contributed by atoms with Gasteiger partial charge in [-0.3, -0.25) is 9.59 Å². The van der Waals surface area contributed by atoms with Crippen LogP contribution in [0.2, 0.25) is 0 Å². The Balaban J connectivity index is 2.55. The minimum atomic E-state index is -0.379. The average Bonchev–Trinajstić information content (AvgIpc) is 2.53. The van der Waals surface area contributed by atoms with E-state index >= 15 is 0 Å². The Morgan fingerprint density at radius 2 is 1.00 bits per heavy atom. The molecule has 0 heterocycles. The molecular formula is C17H12Br4O4. The first-order chi connectivity index (χ1) is 11.7. The minimum Gasteiger partial charge on any atom is -0.426 e. The van der Waals surface area contributed by atoms with Crippen LogP contribution in [0.3, 0.4) is 0 Å². The van der Waals surface area contributed by atoms with Crippen LogP contribution < -0.4 is 9.47 Å². The van der Waals surface area contributed by atoms with Gasteiger partial charge in [-0.1, -0.05) is 13.8 Å². The summed E-state index contributed by atoms with van der Waals surface area (Å²) >= 11 is 13.7. The summed E-state index contributed by atoms with van der Waals surface area (Å²) in [4.78, 5) is 21.3. The third-order valence-corrected chi connectivity index (χ3v) is 6.13. The topological polar surface area (TPSA) is 52.6 Å². The molecule has 0 spiro atoms. The van der Waals surface area contributed by atoms with E-state index in [9.17, 15) is 9.59 Å². The van der Waals surface area contributed by atoms with E-state index in [0.29, 0.717) is 42.3 Å². The van der Waals surface area contributed by atoms with Crippen LogP contribution in [0.5, 0.6) is 11.5 Å². The lowest BCUT2D eigenvalue weighted by atomic mass is 9.78. The van der Waals surface area contributed by atoms with Gasteiger partial charge in [-0.05, 0) is 99.1 Å². The average molecular weight is 600 g/mol. The van der Waals surface area contributed by atoms with E-state index in [-0.39, 0.29) is 5.41 Å². The van der Waals surface area contributed by atoms with Crippen molar-refractivity contribution in [2.45, 2.75) is 19.3 Å². The summed E-state index contributed by atoms with van der Waals surface area (Å²) in [5, 5.41) is 0. The number of carbonyl (C=O) groups excluding carboxylic acids is 2. The van der Waals surface area contributed by atoms with Gasteiger partial charge in [-0.15, -0.1) is 0 Å². The van der Waals surface area contributed by atoms with Crippen LogP contribution in [0.15, 0.2) is 42.2 Å². The van der Waals surface area contributed by atoms with Gasteiger partial charge in [0, 0.05) is 5.41 Å². The second-order valence-electron chi connectivity index (χ2n) is 5.59. The Kier molecular flexibility index (Phi) is 6.87. The van der Waals surface area contributed by atoms with Gasteiger partial charge >= 0.3 is 0 Å². The molecule has 4 nitrogen and oxygen atoms in total. The fourth-order valence-corrected chi connectivity index (χ4v) is 5.08. The SMILES string of the molecule is CC(C)(c1cc(Br)c(OC=O)c(Br)c1)c1cc(Br)c(OC=O)c(Br)c1. The molecule has 0 unspecified atom stereocenters. The van der Waals surface area contributed by atoms with Gasteiger partial charge < -0.3 is 9.47 Å². The molecule has 0 saturated heterocycles. The summed E-state index contributed by atoms with van der Waals surface area (Å²) in [6, 6.07) is 7.62. The number of halogens is 4. The number of hydrogen-bond donors (Lipinski definition) is 0. The van der Waals surface area contributed by atoms with Gasteiger partial charge in [-0.2, -0.15) is 0 Å². The Morgan fingerprint density at radius 1 is 0.720 bits per heavy atom. The third-order valence-electron chi connectivity index (χ3n) is 3.77. The highest BCUT2D eigenvalue weighted by Gasteiger charge is 2.27. The smallest absolute Gasteiger partial charge is 0.298 e. The van der Waals surface area contributed by atoms with Crippen molar-refractivity contribution in [3.05, 3.63) is 53.3 Å². The van der Waals surface area contributed by atoms with E-state index < -0.39 is 0 Å². The molecular weight excluding hydrogens is 588 g/mol.